The van der Waals surface area contributed by atoms with Crippen LogP contribution in [0.25, 0.3) is 10.1 Å². The Morgan fingerprint density at radius 2 is 1.96 bits per heavy atom. The summed E-state index contributed by atoms with van der Waals surface area (Å²) in [5.74, 6) is -0.314. The van der Waals surface area contributed by atoms with E-state index in [-0.39, 0.29) is 5.97 Å². The van der Waals surface area contributed by atoms with Crippen molar-refractivity contribution in [3.8, 4) is 0 Å². The van der Waals surface area contributed by atoms with Gasteiger partial charge in [0.1, 0.15) is 10.6 Å². The molecule has 0 fully saturated rings. The quantitative estimate of drug-likeness (QED) is 0.480. The van der Waals surface area contributed by atoms with E-state index in [0.29, 0.717) is 11.5 Å². The van der Waals surface area contributed by atoms with Gasteiger partial charge in [0.15, 0.2) is 0 Å². The van der Waals surface area contributed by atoms with Crippen LogP contribution in [-0.4, -0.2) is 31.7 Å². The first-order valence-electron chi connectivity index (χ1n) is 7.83. The smallest absolute Gasteiger partial charge is 0.348 e. The molecule has 0 N–H and O–H groups in total. The van der Waals surface area contributed by atoms with Crippen LogP contribution in [-0.2, 0) is 4.74 Å². The lowest BCUT2D eigenvalue weighted by Crippen LogP contribution is -2.08. The van der Waals surface area contributed by atoms with E-state index >= 15 is 0 Å². The molecule has 128 valence electrons. The van der Waals surface area contributed by atoms with Crippen LogP contribution in [0, 0.1) is 0 Å². The summed E-state index contributed by atoms with van der Waals surface area (Å²) in [6.07, 6.45) is 3.34. The third kappa shape index (κ3) is 3.66. The molecule has 7 heteroatoms. The highest BCUT2D eigenvalue weighted by molar-refractivity contribution is 7.21. The van der Waals surface area contributed by atoms with Gasteiger partial charge in [0.25, 0.3) is 0 Å². The number of nitrogens with zero attached hydrogens (tertiary/aromatic N) is 4. The minimum Gasteiger partial charge on any atom is -0.462 e. The van der Waals surface area contributed by atoms with Crippen LogP contribution in [0.5, 0.6) is 0 Å². The third-order valence-corrected chi connectivity index (χ3v) is 4.67. The Morgan fingerprint density at radius 3 is 2.64 bits per heavy atom. The van der Waals surface area contributed by atoms with Crippen LogP contribution in [0.1, 0.15) is 16.6 Å². The van der Waals surface area contributed by atoms with Crippen molar-refractivity contribution in [1.29, 1.82) is 0 Å². The summed E-state index contributed by atoms with van der Waals surface area (Å²) in [6, 6.07) is 9.32. The summed E-state index contributed by atoms with van der Waals surface area (Å²) in [5.41, 5.74) is 2.46. The van der Waals surface area contributed by atoms with Crippen molar-refractivity contribution in [2.24, 2.45) is 10.2 Å². The number of thiophene rings is 1. The molecule has 3 rings (SSSR count). The van der Waals surface area contributed by atoms with Gasteiger partial charge in [-0.3, -0.25) is 4.98 Å². The van der Waals surface area contributed by atoms with Gasteiger partial charge in [-0.1, -0.05) is 0 Å². The lowest BCUT2D eigenvalue weighted by atomic mass is 10.2. The fraction of sp³-hybridized carbons (Fsp3) is 0.222. The first-order valence-corrected chi connectivity index (χ1v) is 8.64. The van der Waals surface area contributed by atoms with Crippen molar-refractivity contribution in [1.82, 2.24) is 4.98 Å². The van der Waals surface area contributed by atoms with Crippen molar-refractivity contribution < 1.29 is 9.53 Å². The van der Waals surface area contributed by atoms with E-state index < -0.39 is 0 Å². The highest BCUT2D eigenvalue weighted by atomic mass is 32.1. The number of hydrogen-bond donors (Lipinski definition) is 0. The second kappa shape index (κ2) is 7.40. The van der Waals surface area contributed by atoms with Gasteiger partial charge in [0.05, 0.1) is 17.0 Å². The van der Waals surface area contributed by atoms with Crippen molar-refractivity contribution in [3.63, 3.8) is 0 Å². The Balaban J connectivity index is 2.08. The van der Waals surface area contributed by atoms with Gasteiger partial charge in [-0.25, -0.2) is 4.79 Å². The number of carbonyl (C=O) groups is 1. The molecule has 25 heavy (non-hydrogen) atoms. The van der Waals surface area contributed by atoms with Gasteiger partial charge >= 0.3 is 5.97 Å². The normalized spacial score (nSPS) is 11.2. The Morgan fingerprint density at radius 1 is 1.20 bits per heavy atom. The molecule has 0 aliphatic rings. The minimum absolute atomic E-state index is 0.314. The fourth-order valence-corrected chi connectivity index (χ4v) is 3.41. The summed E-state index contributed by atoms with van der Waals surface area (Å²) in [5, 5.41) is 9.58. The van der Waals surface area contributed by atoms with E-state index in [1.54, 1.807) is 31.5 Å². The Bertz CT molecular complexity index is 919. The number of rotatable bonds is 5. The highest BCUT2D eigenvalue weighted by Gasteiger charge is 2.16. The molecule has 0 spiro atoms. The van der Waals surface area contributed by atoms with Gasteiger partial charge < -0.3 is 9.64 Å². The Kier molecular flexibility index (Phi) is 5.04. The summed E-state index contributed by atoms with van der Waals surface area (Å²) in [6.45, 7) is 2.15. The molecule has 0 unspecified atom stereocenters. The zero-order chi connectivity index (χ0) is 17.8. The number of ether oxygens (including phenoxy) is 1. The van der Waals surface area contributed by atoms with E-state index in [9.17, 15) is 4.79 Å². The average molecular weight is 354 g/mol. The third-order valence-electron chi connectivity index (χ3n) is 3.53. The van der Waals surface area contributed by atoms with Crippen molar-refractivity contribution >= 4 is 44.5 Å². The van der Waals surface area contributed by atoms with E-state index in [4.69, 9.17) is 4.74 Å². The Hall–Kier alpha value is -2.80. The van der Waals surface area contributed by atoms with Crippen LogP contribution < -0.4 is 4.90 Å². The predicted octanol–water partition coefficient (Wildman–Crippen LogP) is 4.95. The second-order valence-corrected chi connectivity index (χ2v) is 6.53. The number of fused-ring (bicyclic) bond motifs is 1. The molecule has 2 aromatic heterocycles. The largest absolute Gasteiger partial charge is 0.462 e. The van der Waals surface area contributed by atoms with Crippen molar-refractivity contribution in [3.05, 3.63) is 47.6 Å². The molecule has 0 saturated carbocycles. The highest BCUT2D eigenvalue weighted by Crippen LogP contribution is 2.40. The molecular formula is C18H18N4O2S. The molecule has 0 bridgehead atoms. The average Bonchev–Trinajstić information content (AvgIpc) is 3.06. The molecule has 2 heterocycles. The fourth-order valence-electron chi connectivity index (χ4n) is 2.39. The molecule has 1 aromatic carbocycles. The maximum Gasteiger partial charge on any atom is 0.348 e. The van der Waals surface area contributed by atoms with Crippen LogP contribution in [0.3, 0.4) is 0 Å². The predicted molar refractivity (Wildman–Crippen MR) is 101 cm³/mol. The monoisotopic (exact) mass is 354 g/mol. The number of azo groups is 1. The molecular weight excluding hydrogens is 336 g/mol. The number of aromatic nitrogens is 1. The van der Waals surface area contributed by atoms with Gasteiger partial charge in [-0.05, 0) is 37.3 Å². The van der Waals surface area contributed by atoms with Crippen LogP contribution >= 0.6 is 11.3 Å². The topological polar surface area (TPSA) is 67.2 Å². The summed E-state index contributed by atoms with van der Waals surface area (Å²) >= 11 is 1.37. The lowest BCUT2D eigenvalue weighted by molar-refractivity contribution is 0.0532. The van der Waals surface area contributed by atoms with Crippen LogP contribution in [0.15, 0.2) is 53.0 Å². The second-order valence-electron chi connectivity index (χ2n) is 5.48. The van der Waals surface area contributed by atoms with E-state index in [1.165, 1.54) is 11.3 Å². The van der Waals surface area contributed by atoms with E-state index in [1.807, 2.05) is 37.2 Å². The summed E-state index contributed by atoms with van der Waals surface area (Å²) < 4.78 is 6.03. The number of pyridine rings is 1. The maximum absolute atomic E-state index is 12.1. The minimum atomic E-state index is -0.314. The van der Waals surface area contributed by atoms with Crippen molar-refractivity contribution in [2.45, 2.75) is 6.92 Å². The molecule has 0 radical (unpaired) electrons. The van der Waals surface area contributed by atoms with Gasteiger partial charge in [-0.2, -0.15) is 5.11 Å². The number of esters is 1. The number of anilines is 1. The molecule has 0 amide bonds. The van der Waals surface area contributed by atoms with Gasteiger partial charge in [-0.15, -0.1) is 16.5 Å². The molecule has 3 aromatic rings. The zero-order valence-corrected chi connectivity index (χ0v) is 15.1. The van der Waals surface area contributed by atoms with E-state index in [2.05, 4.69) is 15.2 Å². The number of hydrogen-bond acceptors (Lipinski definition) is 7. The zero-order valence-electron chi connectivity index (χ0n) is 14.3. The molecule has 6 nitrogen and oxygen atoms in total. The van der Waals surface area contributed by atoms with Gasteiger partial charge in [0.2, 0.25) is 0 Å². The Labute approximate surface area is 149 Å². The standard InChI is InChI=1S/C18H18N4O2S/c1-4-24-18(23)16-11-13-15(22(2)3)6-5-14(17(13)25-16)21-20-12-7-9-19-10-8-12/h5-11H,4H2,1-3H3/b21-20+. The number of benzene rings is 1. The van der Waals surface area contributed by atoms with Crippen LogP contribution in [0.2, 0.25) is 0 Å². The summed E-state index contributed by atoms with van der Waals surface area (Å²) in [4.78, 5) is 18.6. The first-order chi connectivity index (χ1) is 12.1. The summed E-state index contributed by atoms with van der Waals surface area (Å²) in [7, 11) is 3.93. The molecule has 0 aliphatic carbocycles. The lowest BCUT2D eigenvalue weighted by Gasteiger charge is -2.14. The van der Waals surface area contributed by atoms with Gasteiger partial charge in [0, 0.05) is 37.6 Å². The van der Waals surface area contributed by atoms with Crippen LogP contribution in [0.4, 0.5) is 17.1 Å². The van der Waals surface area contributed by atoms with E-state index in [0.717, 1.165) is 27.1 Å². The molecule has 0 saturated heterocycles. The van der Waals surface area contributed by atoms with Crippen molar-refractivity contribution in [2.75, 3.05) is 25.6 Å². The SMILES string of the molecule is CCOC(=O)c1cc2c(N(C)C)ccc(/N=N/c3ccncc3)c2s1. The first kappa shape index (κ1) is 17.0. The number of carbonyl (C=O) groups excluding carboxylic acids is 1. The maximum atomic E-state index is 12.1. The molecule has 0 atom stereocenters. The molecule has 0 aliphatic heterocycles.